The second-order valence-corrected chi connectivity index (χ2v) is 3.97. The van der Waals surface area contributed by atoms with Crippen molar-refractivity contribution in [3.05, 3.63) is 41.1 Å². The Morgan fingerprint density at radius 2 is 2.12 bits per heavy atom. The zero-order chi connectivity index (χ0) is 12.4. The topological polar surface area (TPSA) is 39.2 Å². The van der Waals surface area contributed by atoms with Gasteiger partial charge in [0.15, 0.2) is 0 Å². The monoisotopic (exact) mass is 249 g/mol. The van der Waals surface area contributed by atoms with E-state index in [-0.39, 0.29) is 5.88 Å². The van der Waals surface area contributed by atoms with E-state index in [9.17, 15) is 4.79 Å². The Balaban J connectivity index is 2.81. The number of carbonyl (C=O) groups excluding carboxylic acids is 1. The number of halogens is 1. The molecule has 0 saturated heterocycles. The molecule has 4 heteroatoms. The predicted octanol–water partition coefficient (Wildman–Crippen LogP) is 3.07. The molecule has 2 rings (SSSR count). The predicted molar refractivity (Wildman–Crippen MR) is 67.4 cm³/mol. The van der Waals surface area contributed by atoms with Crippen molar-refractivity contribution in [3.63, 3.8) is 0 Å². The molecule has 0 spiro atoms. The first-order valence-corrected chi connectivity index (χ1v) is 5.75. The lowest BCUT2D eigenvalue weighted by molar-refractivity contribution is 0.0598. The Bertz CT molecular complexity index is 581. The third kappa shape index (κ3) is 1.98. The first kappa shape index (κ1) is 11.9. The Morgan fingerprint density at radius 1 is 1.41 bits per heavy atom. The van der Waals surface area contributed by atoms with Crippen LogP contribution in [0.5, 0.6) is 0 Å². The molecule has 1 aromatic carbocycles. The van der Waals surface area contributed by atoms with Crippen LogP contribution in [0.25, 0.3) is 10.9 Å². The van der Waals surface area contributed by atoms with Crippen LogP contribution < -0.4 is 0 Å². The highest BCUT2D eigenvalue weighted by molar-refractivity contribution is 6.17. The Kier molecular flexibility index (Phi) is 3.29. The molecule has 2 aromatic rings. The van der Waals surface area contributed by atoms with Crippen molar-refractivity contribution >= 4 is 28.5 Å². The molecule has 88 valence electrons. The standard InChI is InChI=1S/C13H12ClNO2/c1-8-9-5-3-4-6-10(9)15-11(7-14)12(8)13(16)17-2/h3-6H,7H2,1-2H3. The van der Waals surface area contributed by atoms with Gasteiger partial charge in [0.2, 0.25) is 0 Å². The van der Waals surface area contributed by atoms with E-state index in [0.29, 0.717) is 11.3 Å². The summed E-state index contributed by atoms with van der Waals surface area (Å²) in [5, 5.41) is 0.946. The molecule has 17 heavy (non-hydrogen) atoms. The van der Waals surface area contributed by atoms with Crippen LogP contribution in [0.3, 0.4) is 0 Å². The van der Waals surface area contributed by atoms with E-state index in [1.54, 1.807) is 0 Å². The minimum atomic E-state index is -0.392. The van der Waals surface area contributed by atoms with Crippen LogP contribution in [0.15, 0.2) is 24.3 Å². The average molecular weight is 250 g/mol. The molecule has 0 saturated carbocycles. The number of hydrogen-bond acceptors (Lipinski definition) is 3. The molecule has 0 aliphatic rings. The van der Waals surface area contributed by atoms with Crippen LogP contribution >= 0.6 is 11.6 Å². The van der Waals surface area contributed by atoms with E-state index in [2.05, 4.69) is 4.98 Å². The molecule has 0 radical (unpaired) electrons. The normalized spacial score (nSPS) is 10.5. The van der Waals surface area contributed by atoms with Crippen LogP contribution in [0.2, 0.25) is 0 Å². The van der Waals surface area contributed by atoms with Gasteiger partial charge in [-0.05, 0) is 18.6 Å². The lowest BCUT2D eigenvalue weighted by Gasteiger charge is -2.11. The Morgan fingerprint density at radius 3 is 2.76 bits per heavy atom. The Hall–Kier alpha value is -1.61. The number of pyridine rings is 1. The number of carbonyl (C=O) groups is 1. The van der Waals surface area contributed by atoms with Gasteiger partial charge in [-0.3, -0.25) is 4.98 Å². The number of alkyl halides is 1. The highest BCUT2D eigenvalue weighted by atomic mass is 35.5. The van der Waals surface area contributed by atoms with Crippen LogP contribution in [-0.2, 0) is 10.6 Å². The maximum atomic E-state index is 11.7. The minimum absolute atomic E-state index is 0.191. The molecular formula is C13H12ClNO2. The summed E-state index contributed by atoms with van der Waals surface area (Å²) in [5.41, 5.74) is 2.74. The van der Waals surface area contributed by atoms with Crippen molar-refractivity contribution in [3.8, 4) is 0 Å². The lowest BCUT2D eigenvalue weighted by atomic mass is 10.0. The van der Waals surface area contributed by atoms with E-state index >= 15 is 0 Å². The van der Waals surface area contributed by atoms with E-state index in [1.165, 1.54) is 7.11 Å². The number of fused-ring (bicyclic) bond motifs is 1. The quantitative estimate of drug-likeness (QED) is 0.607. The fourth-order valence-corrected chi connectivity index (χ4v) is 2.10. The number of esters is 1. The summed E-state index contributed by atoms with van der Waals surface area (Å²) < 4.78 is 4.77. The van der Waals surface area contributed by atoms with Crippen molar-refractivity contribution in [2.24, 2.45) is 0 Å². The van der Waals surface area contributed by atoms with Crippen LogP contribution in [0, 0.1) is 6.92 Å². The largest absolute Gasteiger partial charge is 0.465 e. The first-order chi connectivity index (χ1) is 8.19. The molecule has 0 bridgehead atoms. The summed E-state index contributed by atoms with van der Waals surface area (Å²) in [7, 11) is 1.36. The van der Waals surface area contributed by atoms with E-state index < -0.39 is 5.97 Å². The third-order valence-electron chi connectivity index (χ3n) is 2.74. The van der Waals surface area contributed by atoms with Gasteiger partial charge >= 0.3 is 5.97 Å². The number of rotatable bonds is 2. The van der Waals surface area contributed by atoms with Crippen molar-refractivity contribution in [1.82, 2.24) is 4.98 Å². The van der Waals surface area contributed by atoms with E-state index in [1.807, 2.05) is 31.2 Å². The van der Waals surface area contributed by atoms with Gasteiger partial charge in [0.25, 0.3) is 0 Å². The molecule has 0 amide bonds. The zero-order valence-corrected chi connectivity index (χ0v) is 10.4. The summed E-state index contributed by atoms with van der Waals surface area (Å²) in [6.07, 6.45) is 0. The zero-order valence-electron chi connectivity index (χ0n) is 9.66. The smallest absolute Gasteiger partial charge is 0.340 e. The van der Waals surface area contributed by atoms with Gasteiger partial charge in [-0.1, -0.05) is 18.2 Å². The molecule has 0 fully saturated rings. The molecule has 3 nitrogen and oxygen atoms in total. The maximum absolute atomic E-state index is 11.7. The van der Waals surface area contributed by atoms with Crippen molar-refractivity contribution < 1.29 is 9.53 Å². The van der Waals surface area contributed by atoms with E-state index in [4.69, 9.17) is 16.3 Å². The van der Waals surface area contributed by atoms with Gasteiger partial charge in [-0.15, -0.1) is 11.6 Å². The number of para-hydroxylation sites is 1. The lowest BCUT2D eigenvalue weighted by Crippen LogP contribution is -2.10. The number of methoxy groups -OCH3 is 1. The van der Waals surface area contributed by atoms with Crippen molar-refractivity contribution in [2.45, 2.75) is 12.8 Å². The summed E-state index contributed by atoms with van der Waals surface area (Å²) in [6, 6.07) is 7.66. The van der Waals surface area contributed by atoms with Crippen LogP contribution in [0.1, 0.15) is 21.6 Å². The van der Waals surface area contributed by atoms with Gasteiger partial charge in [-0.2, -0.15) is 0 Å². The van der Waals surface area contributed by atoms with Crippen LogP contribution in [0.4, 0.5) is 0 Å². The van der Waals surface area contributed by atoms with E-state index in [0.717, 1.165) is 16.5 Å². The van der Waals surface area contributed by atoms with Gasteiger partial charge in [-0.25, -0.2) is 4.79 Å². The van der Waals surface area contributed by atoms with Crippen molar-refractivity contribution in [2.75, 3.05) is 7.11 Å². The fraction of sp³-hybridized carbons (Fsp3) is 0.231. The number of aromatic nitrogens is 1. The van der Waals surface area contributed by atoms with Gasteiger partial charge in [0.05, 0.1) is 29.8 Å². The molecule has 0 unspecified atom stereocenters. The van der Waals surface area contributed by atoms with Gasteiger partial charge < -0.3 is 4.74 Å². The van der Waals surface area contributed by atoms with Gasteiger partial charge in [0, 0.05) is 5.39 Å². The molecule has 0 aliphatic heterocycles. The van der Waals surface area contributed by atoms with Gasteiger partial charge in [0.1, 0.15) is 0 Å². The first-order valence-electron chi connectivity index (χ1n) is 5.21. The summed E-state index contributed by atoms with van der Waals surface area (Å²) in [6.45, 7) is 1.88. The highest BCUT2D eigenvalue weighted by Gasteiger charge is 2.18. The molecule has 0 atom stereocenters. The number of hydrogen-bond donors (Lipinski definition) is 0. The van der Waals surface area contributed by atoms with Crippen molar-refractivity contribution in [1.29, 1.82) is 0 Å². The summed E-state index contributed by atoms with van der Waals surface area (Å²) in [5.74, 6) is -0.202. The third-order valence-corrected chi connectivity index (χ3v) is 3.00. The number of benzene rings is 1. The molecule has 1 heterocycles. The number of aryl methyl sites for hydroxylation is 1. The minimum Gasteiger partial charge on any atom is -0.465 e. The average Bonchev–Trinajstić information content (AvgIpc) is 2.37. The Labute approximate surface area is 104 Å². The second-order valence-electron chi connectivity index (χ2n) is 3.70. The molecule has 0 aliphatic carbocycles. The number of nitrogens with zero attached hydrogens (tertiary/aromatic N) is 1. The fourth-order valence-electron chi connectivity index (χ4n) is 1.91. The number of ether oxygens (including phenoxy) is 1. The molecular weight excluding hydrogens is 238 g/mol. The highest BCUT2D eigenvalue weighted by Crippen LogP contribution is 2.24. The maximum Gasteiger partial charge on any atom is 0.340 e. The molecule has 0 N–H and O–H groups in total. The van der Waals surface area contributed by atoms with Crippen LogP contribution in [-0.4, -0.2) is 18.1 Å². The second kappa shape index (κ2) is 4.72. The SMILES string of the molecule is COC(=O)c1c(CCl)nc2ccccc2c1C. The summed E-state index contributed by atoms with van der Waals surface area (Å²) in [4.78, 5) is 16.1. The summed E-state index contributed by atoms with van der Waals surface area (Å²) >= 11 is 5.84. The molecule has 1 aromatic heterocycles.